The molecule has 0 saturated carbocycles. The summed E-state index contributed by atoms with van der Waals surface area (Å²) in [4.78, 5) is 26.2. The number of fused-ring (bicyclic) bond motifs is 3. The van der Waals surface area contributed by atoms with E-state index in [1.165, 1.54) is 6.07 Å². The average Bonchev–Trinajstić information content (AvgIpc) is 3.34. The molecule has 0 unspecified atom stereocenters. The number of hydrogen-bond donors (Lipinski definition) is 1. The number of imidazole rings is 1. The maximum Gasteiger partial charge on any atom is 0.339 e. The summed E-state index contributed by atoms with van der Waals surface area (Å²) < 4.78 is 20.8. The van der Waals surface area contributed by atoms with Crippen molar-refractivity contribution in [1.82, 2.24) is 15.0 Å². The van der Waals surface area contributed by atoms with Gasteiger partial charge in [-0.15, -0.1) is 0 Å². The van der Waals surface area contributed by atoms with Gasteiger partial charge in [0, 0.05) is 48.3 Å². The van der Waals surface area contributed by atoms with E-state index < -0.39 is 11.4 Å². The molecule has 2 aliphatic rings. The molecule has 0 radical (unpaired) electrons. The lowest BCUT2D eigenvalue weighted by Crippen LogP contribution is -2.43. The van der Waals surface area contributed by atoms with E-state index in [1.54, 1.807) is 24.4 Å². The topological polar surface area (TPSA) is 71.1 Å². The SMILES string of the molecule is O=C1OC2(CCN(c3ncc(-c4nc5cc(Cl)ccc5[nH]4)cc3F)CC2)c2ccccc21. The fourth-order valence-electron chi connectivity index (χ4n) is 4.71. The lowest BCUT2D eigenvalue weighted by Gasteiger charge is -2.39. The highest BCUT2D eigenvalue weighted by atomic mass is 35.5. The molecule has 0 atom stereocenters. The lowest BCUT2D eigenvalue weighted by atomic mass is 9.84. The fraction of sp³-hybridized carbons (Fsp3) is 0.208. The van der Waals surface area contributed by atoms with Gasteiger partial charge in [-0.05, 0) is 30.3 Å². The van der Waals surface area contributed by atoms with Crippen molar-refractivity contribution in [3.05, 3.63) is 76.7 Å². The second-order valence-electron chi connectivity index (χ2n) is 8.19. The van der Waals surface area contributed by atoms with Crippen molar-refractivity contribution in [2.75, 3.05) is 18.0 Å². The van der Waals surface area contributed by atoms with Crippen molar-refractivity contribution in [3.63, 3.8) is 0 Å². The van der Waals surface area contributed by atoms with Gasteiger partial charge in [0.15, 0.2) is 11.6 Å². The summed E-state index contributed by atoms with van der Waals surface area (Å²) in [5, 5.41) is 0.591. The van der Waals surface area contributed by atoms with Crippen LogP contribution in [0.15, 0.2) is 54.7 Å². The molecule has 1 fully saturated rings. The molecule has 4 aromatic rings. The van der Waals surface area contributed by atoms with E-state index in [1.807, 2.05) is 29.2 Å². The Kier molecular flexibility index (Phi) is 4.23. The summed E-state index contributed by atoms with van der Waals surface area (Å²) in [7, 11) is 0. The predicted octanol–water partition coefficient (Wildman–Crippen LogP) is 5.08. The Labute approximate surface area is 188 Å². The van der Waals surface area contributed by atoms with Gasteiger partial charge in [-0.2, -0.15) is 0 Å². The molecule has 1 spiro atoms. The van der Waals surface area contributed by atoms with E-state index >= 15 is 4.39 Å². The highest BCUT2D eigenvalue weighted by Gasteiger charge is 2.47. The second kappa shape index (κ2) is 7.03. The Bertz CT molecular complexity index is 1380. The van der Waals surface area contributed by atoms with Crippen LogP contribution in [-0.4, -0.2) is 34.0 Å². The Morgan fingerprint density at radius 2 is 1.94 bits per heavy atom. The van der Waals surface area contributed by atoms with E-state index in [0.717, 1.165) is 11.1 Å². The van der Waals surface area contributed by atoms with Crippen molar-refractivity contribution >= 4 is 34.4 Å². The zero-order valence-corrected chi connectivity index (χ0v) is 17.7. The first-order valence-electron chi connectivity index (χ1n) is 10.4. The molecule has 0 bridgehead atoms. The number of piperidine rings is 1. The molecule has 4 heterocycles. The molecule has 8 heteroatoms. The molecule has 32 heavy (non-hydrogen) atoms. The molecular formula is C24H18ClFN4O2. The van der Waals surface area contributed by atoms with E-state index in [9.17, 15) is 4.79 Å². The number of carbonyl (C=O) groups excluding carboxylic acids is 1. The number of hydrogen-bond acceptors (Lipinski definition) is 5. The third kappa shape index (κ3) is 2.96. The van der Waals surface area contributed by atoms with Crippen LogP contribution in [0, 0.1) is 5.82 Å². The van der Waals surface area contributed by atoms with Crippen LogP contribution < -0.4 is 4.90 Å². The minimum atomic E-state index is -0.629. The summed E-state index contributed by atoms with van der Waals surface area (Å²) in [5.74, 6) is 0.128. The summed E-state index contributed by atoms with van der Waals surface area (Å²) in [5.41, 5.74) is 3.02. The molecule has 0 amide bonds. The summed E-state index contributed by atoms with van der Waals surface area (Å²) in [6, 6.07) is 14.3. The first-order valence-corrected chi connectivity index (χ1v) is 10.8. The van der Waals surface area contributed by atoms with Crippen molar-refractivity contribution in [1.29, 1.82) is 0 Å². The van der Waals surface area contributed by atoms with Crippen LogP contribution in [0.1, 0.15) is 28.8 Å². The number of pyridine rings is 1. The Balaban J connectivity index is 1.24. The van der Waals surface area contributed by atoms with Gasteiger partial charge < -0.3 is 14.6 Å². The normalized spacial score (nSPS) is 17.1. The minimum Gasteiger partial charge on any atom is -0.450 e. The first-order chi connectivity index (χ1) is 15.5. The third-order valence-corrected chi connectivity index (χ3v) is 6.57. The number of rotatable bonds is 2. The van der Waals surface area contributed by atoms with Crippen LogP contribution >= 0.6 is 11.6 Å². The standard InChI is InChI=1S/C24H18ClFN4O2/c25-15-5-6-19-20(12-15)29-21(28-19)14-11-18(26)22(27-13-14)30-9-7-24(8-10-30)17-4-2-1-3-16(17)23(31)32-24/h1-6,11-13H,7-10H2,(H,28,29). The number of benzene rings is 2. The van der Waals surface area contributed by atoms with E-state index in [2.05, 4.69) is 15.0 Å². The molecular weight excluding hydrogens is 431 g/mol. The molecule has 6 rings (SSSR count). The molecule has 1 N–H and O–H groups in total. The Hall–Kier alpha value is -3.45. The van der Waals surface area contributed by atoms with Gasteiger partial charge in [-0.25, -0.2) is 19.2 Å². The highest BCUT2D eigenvalue weighted by molar-refractivity contribution is 6.31. The zero-order chi connectivity index (χ0) is 21.9. The van der Waals surface area contributed by atoms with Crippen LogP contribution in [0.3, 0.4) is 0 Å². The number of nitrogens with zero attached hydrogens (tertiary/aromatic N) is 3. The number of halogens is 2. The minimum absolute atomic E-state index is 0.283. The molecule has 0 aliphatic carbocycles. The first kappa shape index (κ1) is 19.3. The molecule has 2 aromatic heterocycles. The van der Waals surface area contributed by atoms with Gasteiger partial charge in [-0.3, -0.25) is 0 Å². The van der Waals surface area contributed by atoms with Crippen molar-refractivity contribution in [3.8, 4) is 11.4 Å². The molecule has 1 saturated heterocycles. The monoisotopic (exact) mass is 448 g/mol. The van der Waals surface area contributed by atoms with Crippen molar-refractivity contribution < 1.29 is 13.9 Å². The second-order valence-corrected chi connectivity index (χ2v) is 8.63. The number of anilines is 1. The van der Waals surface area contributed by atoms with Crippen LogP contribution in [0.25, 0.3) is 22.4 Å². The van der Waals surface area contributed by atoms with E-state index in [0.29, 0.717) is 59.2 Å². The number of H-pyrrole nitrogens is 1. The van der Waals surface area contributed by atoms with E-state index in [-0.39, 0.29) is 5.97 Å². The predicted molar refractivity (Wildman–Crippen MR) is 119 cm³/mol. The Morgan fingerprint density at radius 1 is 1.12 bits per heavy atom. The number of carbonyl (C=O) groups is 1. The van der Waals surface area contributed by atoms with Crippen molar-refractivity contribution in [2.45, 2.75) is 18.4 Å². The Morgan fingerprint density at radius 3 is 2.75 bits per heavy atom. The number of ether oxygens (including phenoxy) is 1. The number of aromatic nitrogens is 3. The van der Waals surface area contributed by atoms with Gasteiger partial charge in [0.2, 0.25) is 0 Å². The van der Waals surface area contributed by atoms with Gasteiger partial charge in [0.05, 0.1) is 16.6 Å². The number of aromatic amines is 1. The van der Waals surface area contributed by atoms with Gasteiger partial charge in [-0.1, -0.05) is 29.8 Å². The molecule has 160 valence electrons. The summed E-state index contributed by atoms with van der Waals surface area (Å²) in [6.45, 7) is 1.07. The maximum absolute atomic E-state index is 15.1. The van der Waals surface area contributed by atoms with Crippen LogP contribution in [0.4, 0.5) is 10.2 Å². The maximum atomic E-state index is 15.1. The van der Waals surface area contributed by atoms with Gasteiger partial charge >= 0.3 is 5.97 Å². The summed E-state index contributed by atoms with van der Waals surface area (Å²) in [6.07, 6.45) is 2.79. The van der Waals surface area contributed by atoms with Crippen LogP contribution in [0.2, 0.25) is 5.02 Å². The largest absolute Gasteiger partial charge is 0.450 e. The zero-order valence-electron chi connectivity index (χ0n) is 16.9. The number of nitrogens with one attached hydrogen (secondary N) is 1. The van der Waals surface area contributed by atoms with Gasteiger partial charge in [0.25, 0.3) is 0 Å². The van der Waals surface area contributed by atoms with E-state index in [4.69, 9.17) is 16.3 Å². The summed E-state index contributed by atoms with van der Waals surface area (Å²) >= 11 is 6.03. The van der Waals surface area contributed by atoms with Crippen LogP contribution in [0.5, 0.6) is 0 Å². The average molecular weight is 449 g/mol. The molecule has 6 nitrogen and oxygen atoms in total. The molecule has 2 aliphatic heterocycles. The molecule has 2 aromatic carbocycles. The smallest absolute Gasteiger partial charge is 0.339 e. The number of esters is 1. The van der Waals surface area contributed by atoms with Crippen LogP contribution in [-0.2, 0) is 10.3 Å². The quantitative estimate of drug-likeness (QED) is 0.433. The van der Waals surface area contributed by atoms with Crippen molar-refractivity contribution in [2.24, 2.45) is 0 Å². The fourth-order valence-corrected chi connectivity index (χ4v) is 4.87. The lowest BCUT2D eigenvalue weighted by molar-refractivity contribution is -0.0211. The highest BCUT2D eigenvalue weighted by Crippen LogP contribution is 2.44. The van der Waals surface area contributed by atoms with Gasteiger partial charge in [0.1, 0.15) is 11.4 Å². The third-order valence-electron chi connectivity index (χ3n) is 6.34.